The fraction of sp³-hybridized carbons (Fsp3) is 0.333. The Labute approximate surface area is 191 Å². The first-order valence-corrected chi connectivity index (χ1v) is 10.5. The molecule has 9 heteroatoms. The van der Waals surface area contributed by atoms with Crippen LogP contribution in [-0.2, 0) is 9.53 Å². The van der Waals surface area contributed by atoms with Crippen LogP contribution in [0.3, 0.4) is 0 Å². The molecule has 3 N–H and O–H groups in total. The number of likely N-dealkylation sites (tertiary alicyclic amines) is 1. The van der Waals surface area contributed by atoms with E-state index >= 15 is 0 Å². The third kappa shape index (κ3) is 5.68. The number of ether oxygens (including phenoxy) is 1. The molecule has 0 spiro atoms. The molecular weight excluding hydrogens is 428 g/mol. The molecule has 9 nitrogen and oxygen atoms in total. The third-order valence-electron chi connectivity index (χ3n) is 5.15. The molecule has 2 aromatic carbocycles. The molecule has 1 saturated heterocycles. The molecule has 3 rings (SSSR count). The van der Waals surface area contributed by atoms with Gasteiger partial charge in [0, 0.05) is 17.8 Å². The summed E-state index contributed by atoms with van der Waals surface area (Å²) in [6.07, 6.45) is 0.506. The van der Waals surface area contributed by atoms with E-state index in [1.54, 1.807) is 39.0 Å². The van der Waals surface area contributed by atoms with E-state index in [-0.39, 0.29) is 16.8 Å². The van der Waals surface area contributed by atoms with Gasteiger partial charge in [0.25, 0.3) is 0 Å². The van der Waals surface area contributed by atoms with Crippen LogP contribution >= 0.6 is 0 Å². The van der Waals surface area contributed by atoms with Gasteiger partial charge in [-0.3, -0.25) is 9.69 Å². The number of benzene rings is 2. The molecule has 174 valence electrons. The fourth-order valence-corrected chi connectivity index (χ4v) is 3.62. The maximum Gasteiger partial charge on any atom is 0.410 e. The second kappa shape index (κ2) is 9.32. The van der Waals surface area contributed by atoms with Gasteiger partial charge < -0.3 is 20.3 Å². The number of anilines is 1. The Kier molecular flexibility index (Phi) is 6.71. The molecule has 1 aliphatic rings. The molecule has 2 aromatic rings. The summed E-state index contributed by atoms with van der Waals surface area (Å²) in [4.78, 5) is 49.7. The average molecular weight is 454 g/mol. The first-order chi connectivity index (χ1) is 15.5. The van der Waals surface area contributed by atoms with Crippen LogP contribution in [0.15, 0.2) is 42.5 Å². The van der Waals surface area contributed by atoms with Crippen molar-refractivity contribution >= 4 is 29.6 Å². The molecule has 33 heavy (non-hydrogen) atoms. The van der Waals surface area contributed by atoms with Gasteiger partial charge in [0.15, 0.2) is 0 Å². The Morgan fingerprint density at radius 1 is 0.970 bits per heavy atom. The molecule has 0 bridgehead atoms. The van der Waals surface area contributed by atoms with Crippen molar-refractivity contribution in [1.29, 1.82) is 0 Å². The van der Waals surface area contributed by atoms with Gasteiger partial charge in [-0.2, -0.15) is 0 Å². The van der Waals surface area contributed by atoms with Crippen molar-refractivity contribution in [2.24, 2.45) is 0 Å². The fourth-order valence-electron chi connectivity index (χ4n) is 3.62. The van der Waals surface area contributed by atoms with Gasteiger partial charge >= 0.3 is 18.0 Å². The van der Waals surface area contributed by atoms with Gasteiger partial charge in [0.05, 0.1) is 11.1 Å². The summed E-state index contributed by atoms with van der Waals surface area (Å²) >= 11 is 0. The summed E-state index contributed by atoms with van der Waals surface area (Å²) in [5.74, 6) is -2.68. The molecule has 0 aromatic heterocycles. The minimum absolute atomic E-state index is 0.0216. The lowest BCUT2D eigenvalue weighted by molar-refractivity contribution is -0.120. The number of hydrogen-bond acceptors (Lipinski definition) is 5. The van der Waals surface area contributed by atoms with Gasteiger partial charge in [0.1, 0.15) is 11.6 Å². The third-order valence-corrected chi connectivity index (χ3v) is 5.15. The minimum Gasteiger partial charge on any atom is -0.478 e. The van der Waals surface area contributed by atoms with Crippen LogP contribution in [0.25, 0.3) is 11.1 Å². The highest BCUT2D eigenvalue weighted by Gasteiger charge is 2.36. The molecule has 0 aliphatic carbocycles. The van der Waals surface area contributed by atoms with Crippen molar-refractivity contribution < 1.29 is 34.1 Å². The number of nitrogens with zero attached hydrogens (tertiary/aromatic N) is 1. The van der Waals surface area contributed by atoms with E-state index in [1.807, 2.05) is 0 Å². The maximum absolute atomic E-state index is 13.1. The predicted molar refractivity (Wildman–Crippen MR) is 120 cm³/mol. The van der Waals surface area contributed by atoms with E-state index in [0.717, 1.165) is 0 Å². The van der Waals surface area contributed by atoms with Crippen molar-refractivity contribution in [3.05, 3.63) is 53.6 Å². The number of carbonyl (C=O) groups is 4. The second-order valence-corrected chi connectivity index (χ2v) is 8.77. The van der Waals surface area contributed by atoms with E-state index in [4.69, 9.17) is 9.84 Å². The van der Waals surface area contributed by atoms with E-state index in [9.17, 15) is 24.3 Å². The normalized spacial score (nSPS) is 15.7. The Bertz CT molecular complexity index is 1090. The lowest BCUT2D eigenvalue weighted by atomic mass is 9.99. The number of aromatic carboxylic acids is 2. The average Bonchev–Trinajstić information content (AvgIpc) is 3.23. The number of hydrogen-bond donors (Lipinski definition) is 3. The van der Waals surface area contributed by atoms with Gasteiger partial charge in [-0.25, -0.2) is 14.4 Å². The molecule has 1 atom stereocenters. The smallest absolute Gasteiger partial charge is 0.410 e. The zero-order chi connectivity index (χ0) is 24.3. The molecule has 2 amide bonds. The number of amides is 2. The van der Waals surface area contributed by atoms with Gasteiger partial charge in [0.2, 0.25) is 5.91 Å². The van der Waals surface area contributed by atoms with Crippen molar-refractivity contribution in [2.75, 3.05) is 11.9 Å². The lowest BCUT2D eigenvalue weighted by Crippen LogP contribution is -2.45. The van der Waals surface area contributed by atoms with Crippen LogP contribution in [0.1, 0.15) is 54.3 Å². The SMILES string of the molecule is CC(C)(C)OC(=O)N1CCC[C@H]1C(=O)Nc1cc(C(=O)O)ccc1-c1ccc(C(=O)O)cc1. The summed E-state index contributed by atoms with van der Waals surface area (Å²) < 4.78 is 5.41. The standard InChI is InChI=1S/C24H26N2O7/c1-24(2,3)33-23(32)26-12-4-5-19(26)20(27)25-18-13-16(22(30)31)10-11-17(18)14-6-8-15(9-7-14)21(28)29/h6-11,13,19H,4-5,12H2,1-3H3,(H,25,27)(H,28,29)(H,30,31)/t19-/m0/s1. The number of nitrogens with one attached hydrogen (secondary N) is 1. The van der Waals surface area contributed by atoms with E-state index < -0.39 is 35.6 Å². The summed E-state index contributed by atoms with van der Waals surface area (Å²) in [7, 11) is 0. The Morgan fingerprint density at radius 2 is 1.58 bits per heavy atom. The first-order valence-electron chi connectivity index (χ1n) is 10.5. The van der Waals surface area contributed by atoms with Gasteiger partial charge in [-0.05, 0) is 63.4 Å². The Morgan fingerprint density at radius 3 is 2.15 bits per heavy atom. The molecule has 1 fully saturated rings. The summed E-state index contributed by atoms with van der Waals surface area (Å²) in [6.45, 7) is 5.62. The second-order valence-electron chi connectivity index (χ2n) is 8.77. The zero-order valence-corrected chi connectivity index (χ0v) is 18.6. The van der Waals surface area contributed by atoms with Crippen LogP contribution < -0.4 is 5.32 Å². The summed E-state index contributed by atoms with van der Waals surface area (Å²) in [5, 5.41) is 21.3. The van der Waals surface area contributed by atoms with Gasteiger partial charge in [-0.1, -0.05) is 18.2 Å². The largest absolute Gasteiger partial charge is 0.478 e. The molecule has 0 radical (unpaired) electrons. The number of rotatable bonds is 5. The molecule has 0 saturated carbocycles. The quantitative estimate of drug-likeness (QED) is 0.620. The van der Waals surface area contributed by atoms with Crippen LogP contribution in [0.5, 0.6) is 0 Å². The van der Waals surface area contributed by atoms with Gasteiger partial charge in [-0.15, -0.1) is 0 Å². The van der Waals surface area contributed by atoms with Crippen LogP contribution in [0.4, 0.5) is 10.5 Å². The monoisotopic (exact) mass is 454 g/mol. The number of carboxylic acid groups (broad SMARTS) is 2. The summed E-state index contributed by atoms with van der Waals surface area (Å²) in [6, 6.07) is 9.56. The topological polar surface area (TPSA) is 133 Å². The molecule has 1 aliphatic heterocycles. The highest BCUT2D eigenvalue weighted by atomic mass is 16.6. The zero-order valence-electron chi connectivity index (χ0n) is 18.6. The van der Waals surface area contributed by atoms with Crippen molar-refractivity contribution in [2.45, 2.75) is 45.3 Å². The first kappa shape index (κ1) is 23.8. The minimum atomic E-state index is -1.16. The van der Waals surface area contributed by atoms with Crippen molar-refractivity contribution in [1.82, 2.24) is 4.90 Å². The number of carbonyl (C=O) groups excluding carboxylic acids is 2. The van der Waals surface area contributed by atoms with E-state index in [0.29, 0.717) is 30.5 Å². The Hall–Kier alpha value is -3.88. The predicted octanol–water partition coefficient (Wildman–Crippen LogP) is 4.09. The van der Waals surface area contributed by atoms with Crippen LogP contribution in [0.2, 0.25) is 0 Å². The van der Waals surface area contributed by atoms with Crippen molar-refractivity contribution in [3.8, 4) is 11.1 Å². The van der Waals surface area contributed by atoms with E-state index in [2.05, 4.69) is 5.32 Å². The van der Waals surface area contributed by atoms with Crippen molar-refractivity contribution in [3.63, 3.8) is 0 Å². The molecular formula is C24H26N2O7. The molecule has 1 heterocycles. The van der Waals surface area contributed by atoms with Crippen LogP contribution in [-0.4, -0.2) is 57.2 Å². The highest BCUT2D eigenvalue weighted by molar-refractivity contribution is 6.02. The highest BCUT2D eigenvalue weighted by Crippen LogP contribution is 2.31. The maximum atomic E-state index is 13.1. The van der Waals surface area contributed by atoms with E-state index in [1.165, 1.54) is 29.2 Å². The Balaban J connectivity index is 1.90. The molecule has 0 unspecified atom stereocenters. The van der Waals surface area contributed by atoms with Crippen LogP contribution in [0, 0.1) is 0 Å². The number of carboxylic acids is 2. The summed E-state index contributed by atoms with van der Waals surface area (Å²) in [5.41, 5.74) is 0.747. The lowest BCUT2D eigenvalue weighted by Gasteiger charge is -2.28.